The number of para-hydroxylation sites is 1. The topological polar surface area (TPSA) is 50.9 Å². The number of hydrogen-bond acceptors (Lipinski definition) is 3. The highest BCUT2D eigenvalue weighted by atomic mass is 16.3. The van der Waals surface area contributed by atoms with Crippen molar-refractivity contribution in [1.82, 2.24) is 14.5 Å². The van der Waals surface area contributed by atoms with E-state index in [1.54, 1.807) is 24.4 Å². The molecule has 4 nitrogen and oxygen atoms in total. The van der Waals surface area contributed by atoms with Gasteiger partial charge in [-0.3, -0.25) is 9.55 Å². The molecule has 0 bridgehead atoms. The van der Waals surface area contributed by atoms with Gasteiger partial charge in [0.15, 0.2) is 0 Å². The molecule has 0 saturated heterocycles. The lowest BCUT2D eigenvalue weighted by Crippen LogP contribution is -2.12. The maximum absolute atomic E-state index is 11.8. The Hall–Kier alpha value is -6.26. The van der Waals surface area contributed by atoms with Crippen LogP contribution in [0.25, 0.3) is 72.7 Å². The Labute approximate surface area is 360 Å². The van der Waals surface area contributed by atoms with E-state index in [0.717, 1.165) is 55.7 Å². The molecule has 4 heteroatoms. The van der Waals surface area contributed by atoms with Gasteiger partial charge in [-0.1, -0.05) is 153 Å². The van der Waals surface area contributed by atoms with Crippen LogP contribution in [0.3, 0.4) is 0 Å². The Balaban J connectivity index is 1.41. The van der Waals surface area contributed by atoms with Crippen molar-refractivity contribution in [2.75, 3.05) is 0 Å². The molecule has 0 aliphatic carbocycles. The number of phenols is 1. The molecule has 59 heavy (non-hydrogen) atoms. The van der Waals surface area contributed by atoms with E-state index in [1.807, 2.05) is 42.5 Å². The Morgan fingerprint density at radius 1 is 0.576 bits per heavy atom. The lowest BCUT2D eigenvalue weighted by Gasteiger charge is -2.23. The molecule has 6 aromatic carbocycles. The van der Waals surface area contributed by atoms with E-state index in [2.05, 4.69) is 121 Å². The van der Waals surface area contributed by atoms with Gasteiger partial charge in [-0.2, -0.15) is 0 Å². The molecule has 0 spiro atoms. The molecule has 8 rings (SSSR count). The first kappa shape index (κ1) is 31.7. The predicted molar refractivity (Wildman–Crippen MR) is 249 cm³/mol. The summed E-state index contributed by atoms with van der Waals surface area (Å²) in [6.07, 6.45) is 1.56. The number of phenolic OH excluding ortho intramolecular Hbond substituents is 1. The van der Waals surface area contributed by atoms with Crippen LogP contribution in [0.4, 0.5) is 0 Å². The largest absolute Gasteiger partial charge is 0.507 e. The zero-order valence-electron chi connectivity index (χ0n) is 42.3. The first-order valence-corrected chi connectivity index (χ1v) is 20.1. The van der Waals surface area contributed by atoms with Crippen LogP contribution in [0.5, 0.6) is 5.75 Å². The Morgan fingerprint density at radius 3 is 1.98 bits per heavy atom. The molecule has 0 saturated carbocycles. The fourth-order valence-corrected chi connectivity index (χ4v) is 7.58. The Bertz CT molecular complexity index is 3190. The summed E-state index contributed by atoms with van der Waals surface area (Å²) in [5.74, 6) is 0.703. The third kappa shape index (κ3) is 7.84. The van der Waals surface area contributed by atoms with Gasteiger partial charge in [-0.25, -0.2) is 4.98 Å². The summed E-state index contributed by atoms with van der Waals surface area (Å²) in [5.41, 5.74) is 10.5. The first-order chi connectivity index (χ1) is 30.8. The zero-order valence-corrected chi connectivity index (χ0v) is 35.3. The van der Waals surface area contributed by atoms with Crippen molar-refractivity contribution in [1.29, 1.82) is 0 Å². The minimum absolute atomic E-state index is 0.0370. The average molecular weight is 781 g/mol. The molecule has 0 aliphatic rings. The molecule has 0 atom stereocenters. The van der Waals surface area contributed by atoms with Gasteiger partial charge in [0.05, 0.1) is 33.5 Å². The van der Waals surface area contributed by atoms with Gasteiger partial charge >= 0.3 is 0 Å². The molecule has 0 radical (unpaired) electrons. The lowest BCUT2D eigenvalue weighted by molar-refractivity contribution is 0.475. The average Bonchev–Trinajstić information content (AvgIpc) is 3.64. The monoisotopic (exact) mass is 780 g/mol. The van der Waals surface area contributed by atoms with E-state index in [1.165, 1.54) is 5.56 Å². The SMILES string of the molecule is [2H]c1c([2H])c(-c2ccnc(-c3cc(-c4cccc5c4nc(-c4cc(C(C)(C)C)ccc4O)n5-c4ccc(C(C)(C)C)cc4-c4ccccc4)cc(C(C)(C)C)c3)c2)c([2H])c(C([2H])([2H])[2H])c1[2H]. The van der Waals surface area contributed by atoms with Crippen LogP contribution in [0.1, 0.15) is 94.2 Å². The molecule has 0 fully saturated rings. The van der Waals surface area contributed by atoms with E-state index in [9.17, 15) is 5.11 Å². The van der Waals surface area contributed by atoms with Gasteiger partial charge in [-0.05, 0) is 117 Å². The van der Waals surface area contributed by atoms with Crippen LogP contribution >= 0.6 is 0 Å². The minimum Gasteiger partial charge on any atom is -0.507 e. The third-order valence-corrected chi connectivity index (χ3v) is 11.1. The Morgan fingerprint density at radius 2 is 1.27 bits per heavy atom. The summed E-state index contributed by atoms with van der Waals surface area (Å²) in [5, 5.41) is 11.8. The number of pyridine rings is 1. The molecule has 8 aromatic rings. The van der Waals surface area contributed by atoms with Crippen molar-refractivity contribution in [3.05, 3.63) is 168 Å². The van der Waals surface area contributed by atoms with E-state index < -0.39 is 30.5 Å². The number of fused-ring (bicyclic) bond motifs is 1. The maximum atomic E-state index is 11.8. The highest BCUT2D eigenvalue weighted by Gasteiger charge is 2.26. The van der Waals surface area contributed by atoms with Crippen molar-refractivity contribution in [3.63, 3.8) is 0 Å². The molecule has 0 amide bonds. The smallest absolute Gasteiger partial charge is 0.149 e. The van der Waals surface area contributed by atoms with Crippen molar-refractivity contribution >= 4 is 11.0 Å². The zero-order chi connectivity index (χ0) is 47.8. The number of imidazole rings is 1. The molecular weight excluding hydrogens is 719 g/mol. The lowest BCUT2D eigenvalue weighted by atomic mass is 9.83. The first-order valence-electron chi connectivity index (χ1n) is 23.6. The molecular formula is C55H55N3O. The van der Waals surface area contributed by atoms with E-state index in [-0.39, 0.29) is 33.6 Å². The fourth-order valence-electron chi connectivity index (χ4n) is 7.58. The quantitative estimate of drug-likeness (QED) is 0.183. The van der Waals surface area contributed by atoms with Gasteiger partial charge in [0.25, 0.3) is 0 Å². The van der Waals surface area contributed by atoms with E-state index in [0.29, 0.717) is 22.6 Å². The summed E-state index contributed by atoms with van der Waals surface area (Å²) < 4.78 is 60.8. The van der Waals surface area contributed by atoms with Crippen molar-refractivity contribution in [2.45, 2.75) is 85.4 Å². The summed E-state index contributed by atoms with van der Waals surface area (Å²) in [6.45, 7) is 16.7. The molecule has 2 aromatic heterocycles. The third-order valence-electron chi connectivity index (χ3n) is 11.1. The number of hydrogen-bond donors (Lipinski definition) is 1. The number of nitrogens with zero attached hydrogens (tertiary/aromatic N) is 3. The summed E-state index contributed by atoms with van der Waals surface area (Å²) in [7, 11) is 0. The van der Waals surface area contributed by atoms with Crippen LogP contribution in [0.15, 0.2) is 146 Å². The normalized spacial score (nSPS) is 14.2. The Kier molecular flexibility index (Phi) is 7.97. The highest BCUT2D eigenvalue weighted by molar-refractivity contribution is 5.98. The van der Waals surface area contributed by atoms with Gasteiger partial charge < -0.3 is 5.11 Å². The van der Waals surface area contributed by atoms with Gasteiger partial charge in [0.1, 0.15) is 11.6 Å². The van der Waals surface area contributed by atoms with Gasteiger partial charge in [-0.15, -0.1) is 0 Å². The number of aromatic hydroxyl groups is 1. The van der Waals surface area contributed by atoms with Crippen molar-refractivity contribution in [3.8, 4) is 67.5 Å². The highest BCUT2D eigenvalue weighted by Crippen LogP contribution is 2.43. The van der Waals surface area contributed by atoms with Crippen LogP contribution in [0, 0.1) is 6.85 Å². The second kappa shape index (κ2) is 14.8. The van der Waals surface area contributed by atoms with Gasteiger partial charge in [0, 0.05) is 27.0 Å². The van der Waals surface area contributed by atoms with Crippen LogP contribution in [0.2, 0.25) is 0 Å². The molecule has 0 unspecified atom stereocenters. The standard InChI is InChI=1S/C55H55N3O/c1-35-16-14-19-37(28-35)38-26-27-56-47(32-38)40-29-39(30-43(31-40)55(8,9)10)44-20-15-21-49-51(44)57-52(46-34-42(54(5,6)7)23-25-50(46)59)58(49)48-24-22-41(53(2,3)4)33-45(48)36-17-12-11-13-18-36/h11-34,59H,1-10H3/i1D3,14D,16D,19D,28D. The van der Waals surface area contributed by atoms with E-state index >= 15 is 0 Å². The van der Waals surface area contributed by atoms with Crippen LogP contribution in [-0.2, 0) is 16.2 Å². The maximum Gasteiger partial charge on any atom is 0.149 e. The molecule has 2 heterocycles. The number of rotatable bonds is 6. The summed E-state index contributed by atoms with van der Waals surface area (Å²) >= 11 is 0. The summed E-state index contributed by atoms with van der Waals surface area (Å²) in [4.78, 5) is 10.3. The molecule has 1 N–H and O–H groups in total. The predicted octanol–water partition coefficient (Wildman–Crippen LogP) is 14.7. The summed E-state index contributed by atoms with van der Waals surface area (Å²) in [6, 6.07) is 36.4. The second-order valence-corrected chi connectivity index (χ2v) is 18.5. The molecule has 0 aliphatic heterocycles. The second-order valence-electron chi connectivity index (χ2n) is 18.5. The fraction of sp³-hybridized carbons (Fsp3) is 0.236. The van der Waals surface area contributed by atoms with Crippen LogP contribution < -0.4 is 0 Å². The van der Waals surface area contributed by atoms with Crippen molar-refractivity contribution in [2.24, 2.45) is 0 Å². The van der Waals surface area contributed by atoms with Crippen LogP contribution in [-0.4, -0.2) is 19.6 Å². The minimum atomic E-state index is -2.82. The van der Waals surface area contributed by atoms with Gasteiger partial charge in [0.2, 0.25) is 0 Å². The number of aromatic nitrogens is 3. The van der Waals surface area contributed by atoms with E-state index in [4.69, 9.17) is 19.6 Å². The molecule has 296 valence electrons. The number of benzene rings is 6. The van der Waals surface area contributed by atoms with Crippen molar-refractivity contribution < 1.29 is 14.7 Å².